The molecule has 0 aromatic heterocycles. The second-order valence-electron chi connectivity index (χ2n) is 6.85. The molecule has 1 aromatic rings. The minimum atomic E-state index is -1.81. The molecule has 1 unspecified atom stereocenters. The molecule has 0 heterocycles. The molecule has 3 heteroatoms. The van der Waals surface area contributed by atoms with Gasteiger partial charge in [-0.15, -0.1) is 0 Å². The van der Waals surface area contributed by atoms with E-state index >= 15 is 0 Å². The summed E-state index contributed by atoms with van der Waals surface area (Å²) in [4.78, 5) is 12.2. The summed E-state index contributed by atoms with van der Waals surface area (Å²) in [7, 11) is -1.81. The van der Waals surface area contributed by atoms with Crippen LogP contribution in [0.2, 0.25) is 18.1 Å². The molecular weight excluding hydrogens is 264 g/mol. The molecule has 0 bridgehead atoms. The van der Waals surface area contributed by atoms with E-state index in [0.29, 0.717) is 13.0 Å². The highest BCUT2D eigenvalue weighted by Gasteiger charge is 2.38. The van der Waals surface area contributed by atoms with E-state index in [1.807, 2.05) is 37.3 Å². The second kappa shape index (κ2) is 6.68. The quantitative estimate of drug-likeness (QED) is 0.706. The monoisotopic (exact) mass is 292 g/mol. The Balaban J connectivity index is 2.86. The smallest absolute Gasteiger partial charge is 0.192 e. The Bertz CT molecular complexity index is 432. The van der Waals surface area contributed by atoms with Gasteiger partial charge in [-0.3, -0.25) is 4.79 Å². The highest BCUT2D eigenvalue weighted by Crippen LogP contribution is 2.37. The predicted molar refractivity (Wildman–Crippen MR) is 87.6 cm³/mol. The Labute approximate surface area is 124 Å². The molecule has 0 N–H and O–H groups in total. The van der Waals surface area contributed by atoms with Crippen LogP contribution in [-0.4, -0.2) is 20.7 Å². The number of Topliss-reactive ketones (excluding diaryl/α,β-unsaturated/α-hetero) is 1. The van der Waals surface area contributed by atoms with Crippen molar-refractivity contribution in [3.05, 3.63) is 35.9 Å². The predicted octanol–water partition coefficient (Wildman–Crippen LogP) is 4.77. The lowest BCUT2D eigenvalue weighted by atomic mass is 9.94. The van der Waals surface area contributed by atoms with Crippen molar-refractivity contribution >= 4 is 14.1 Å². The van der Waals surface area contributed by atoms with Crippen LogP contribution in [0.4, 0.5) is 0 Å². The molecule has 0 aliphatic rings. The summed E-state index contributed by atoms with van der Waals surface area (Å²) in [5.74, 6) is 0.130. The summed E-state index contributed by atoms with van der Waals surface area (Å²) in [6.45, 7) is 13.5. The molecule has 0 amide bonds. The standard InChI is InChI=1S/C17H28O2Si/c1-7-16(18)15(14-11-9-8-10-12-14)13-19-20(5,6)17(2,3)4/h8-12,15H,7,13H2,1-6H3. The van der Waals surface area contributed by atoms with Crippen molar-refractivity contribution in [2.24, 2.45) is 0 Å². The van der Waals surface area contributed by atoms with E-state index in [2.05, 4.69) is 33.9 Å². The van der Waals surface area contributed by atoms with E-state index in [1.54, 1.807) is 0 Å². The maximum absolute atomic E-state index is 12.2. The van der Waals surface area contributed by atoms with Crippen LogP contribution >= 0.6 is 0 Å². The van der Waals surface area contributed by atoms with E-state index in [0.717, 1.165) is 5.56 Å². The van der Waals surface area contributed by atoms with Gasteiger partial charge in [0.05, 0.1) is 5.92 Å². The highest BCUT2D eigenvalue weighted by molar-refractivity contribution is 6.74. The first-order valence-electron chi connectivity index (χ1n) is 7.40. The number of hydrogen-bond acceptors (Lipinski definition) is 2. The van der Waals surface area contributed by atoms with Crippen LogP contribution in [0.1, 0.15) is 45.6 Å². The molecule has 0 aliphatic carbocycles. The highest BCUT2D eigenvalue weighted by atomic mass is 28.4. The first-order chi connectivity index (χ1) is 9.19. The lowest BCUT2D eigenvalue weighted by Gasteiger charge is -2.37. The molecule has 0 fully saturated rings. The SMILES string of the molecule is CCC(=O)C(CO[Si](C)(C)C(C)(C)C)c1ccccc1. The lowest BCUT2D eigenvalue weighted by Crippen LogP contribution is -2.42. The minimum absolute atomic E-state index is 0.129. The number of carbonyl (C=O) groups excluding carboxylic acids is 1. The summed E-state index contributed by atoms with van der Waals surface area (Å²) in [6, 6.07) is 9.99. The van der Waals surface area contributed by atoms with Crippen molar-refractivity contribution < 1.29 is 9.22 Å². The molecular formula is C17H28O2Si. The topological polar surface area (TPSA) is 26.3 Å². The zero-order chi connectivity index (χ0) is 15.4. The van der Waals surface area contributed by atoms with Crippen molar-refractivity contribution in [1.29, 1.82) is 0 Å². The fraction of sp³-hybridized carbons (Fsp3) is 0.588. The Morgan fingerprint density at radius 3 is 2.20 bits per heavy atom. The maximum Gasteiger partial charge on any atom is 0.192 e. The van der Waals surface area contributed by atoms with Gasteiger partial charge in [-0.2, -0.15) is 0 Å². The van der Waals surface area contributed by atoms with Crippen LogP contribution in [-0.2, 0) is 9.22 Å². The Morgan fingerprint density at radius 2 is 1.75 bits per heavy atom. The molecule has 1 aromatic carbocycles. The van der Waals surface area contributed by atoms with Crippen LogP contribution in [0.5, 0.6) is 0 Å². The van der Waals surface area contributed by atoms with Gasteiger partial charge in [-0.05, 0) is 23.7 Å². The fourth-order valence-electron chi connectivity index (χ4n) is 1.81. The molecule has 1 rings (SSSR count). The summed E-state index contributed by atoms with van der Waals surface area (Å²) in [6.07, 6.45) is 0.556. The Morgan fingerprint density at radius 1 is 1.20 bits per heavy atom. The maximum atomic E-state index is 12.2. The minimum Gasteiger partial charge on any atom is -0.416 e. The zero-order valence-electron chi connectivity index (χ0n) is 13.7. The number of benzene rings is 1. The van der Waals surface area contributed by atoms with Crippen molar-refractivity contribution in [1.82, 2.24) is 0 Å². The van der Waals surface area contributed by atoms with Crippen molar-refractivity contribution in [3.8, 4) is 0 Å². The molecule has 0 radical (unpaired) electrons. The molecule has 1 atom stereocenters. The largest absolute Gasteiger partial charge is 0.416 e. The lowest BCUT2D eigenvalue weighted by molar-refractivity contribution is -0.120. The van der Waals surface area contributed by atoms with E-state index in [9.17, 15) is 4.79 Å². The normalized spacial score (nSPS) is 14.1. The average Bonchev–Trinajstić information content (AvgIpc) is 2.38. The number of ketones is 1. The van der Waals surface area contributed by atoms with Gasteiger partial charge in [0.15, 0.2) is 8.32 Å². The van der Waals surface area contributed by atoms with Crippen LogP contribution in [0.25, 0.3) is 0 Å². The van der Waals surface area contributed by atoms with E-state index in [1.165, 1.54) is 0 Å². The van der Waals surface area contributed by atoms with Crippen molar-refractivity contribution in [2.45, 2.75) is 58.2 Å². The Hall–Kier alpha value is -0.933. The van der Waals surface area contributed by atoms with Gasteiger partial charge in [0.2, 0.25) is 0 Å². The first kappa shape index (κ1) is 17.1. The van der Waals surface area contributed by atoms with Crippen LogP contribution in [0.15, 0.2) is 30.3 Å². The van der Waals surface area contributed by atoms with Gasteiger partial charge < -0.3 is 4.43 Å². The van der Waals surface area contributed by atoms with Gasteiger partial charge >= 0.3 is 0 Å². The third-order valence-corrected chi connectivity index (χ3v) is 8.86. The molecule has 0 aliphatic heterocycles. The molecule has 0 spiro atoms. The fourth-order valence-corrected chi connectivity index (χ4v) is 2.83. The summed E-state index contributed by atoms with van der Waals surface area (Å²) < 4.78 is 6.25. The van der Waals surface area contributed by atoms with Gasteiger partial charge in [0.25, 0.3) is 0 Å². The molecule has 20 heavy (non-hydrogen) atoms. The Kier molecular flexibility index (Phi) is 5.72. The number of hydrogen-bond donors (Lipinski definition) is 0. The van der Waals surface area contributed by atoms with E-state index in [-0.39, 0.29) is 16.7 Å². The third kappa shape index (κ3) is 4.28. The molecule has 0 saturated heterocycles. The zero-order valence-corrected chi connectivity index (χ0v) is 14.7. The molecule has 2 nitrogen and oxygen atoms in total. The van der Waals surface area contributed by atoms with Gasteiger partial charge in [0.1, 0.15) is 5.78 Å². The molecule has 112 valence electrons. The summed E-state index contributed by atoms with van der Waals surface area (Å²) in [5.41, 5.74) is 1.07. The second-order valence-corrected chi connectivity index (χ2v) is 11.7. The summed E-state index contributed by atoms with van der Waals surface area (Å²) in [5, 5.41) is 0.170. The number of carbonyl (C=O) groups is 1. The average molecular weight is 292 g/mol. The summed E-state index contributed by atoms with van der Waals surface area (Å²) >= 11 is 0. The van der Waals surface area contributed by atoms with Gasteiger partial charge in [-0.25, -0.2) is 0 Å². The van der Waals surface area contributed by atoms with Gasteiger partial charge in [0, 0.05) is 13.0 Å². The van der Waals surface area contributed by atoms with Crippen LogP contribution in [0.3, 0.4) is 0 Å². The third-order valence-electron chi connectivity index (χ3n) is 4.36. The first-order valence-corrected chi connectivity index (χ1v) is 10.3. The molecule has 0 saturated carbocycles. The van der Waals surface area contributed by atoms with Crippen molar-refractivity contribution in [3.63, 3.8) is 0 Å². The van der Waals surface area contributed by atoms with E-state index < -0.39 is 8.32 Å². The van der Waals surface area contributed by atoms with Gasteiger partial charge in [-0.1, -0.05) is 58.0 Å². The van der Waals surface area contributed by atoms with E-state index in [4.69, 9.17) is 4.43 Å². The van der Waals surface area contributed by atoms with Crippen molar-refractivity contribution in [2.75, 3.05) is 6.61 Å². The number of rotatable bonds is 6. The van der Waals surface area contributed by atoms with Crippen LogP contribution < -0.4 is 0 Å². The van der Waals surface area contributed by atoms with Crippen LogP contribution in [0, 0.1) is 0 Å².